The first-order valence-corrected chi connectivity index (χ1v) is 8.50. The standard InChI is InChI=1S/C19H27FN2O3/c1-24-10-9-21(14-19(23)15-25-2)13-18-7-4-8-22(18)12-16-5-3-6-17(20)11-16/h3-8,11,19,23H,9-10,12-15H2,1-2H3/p+1/t19-/m1/s1. The van der Waals surface area contributed by atoms with Crippen molar-refractivity contribution in [2.45, 2.75) is 19.2 Å². The molecule has 1 aromatic heterocycles. The number of halogens is 1. The number of benzene rings is 1. The van der Waals surface area contributed by atoms with Crippen molar-refractivity contribution in [3.8, 4) is 0 Å². The normalized spacial score (nSPS) is 13.8. The monoisotopic (exact) mass is 351 g/mol. The van der Waals surface area contributed by atoms with Crippen LogP contribution >= 0.6 is 0 Å². The Kier molecular flexibility index (Phi) is 8.08. The molecule has 0 fully saturated rings. The Morgan fingerprint density at radius 1 is 1.20 bits per heavy atom. The Bertz CT molecular complexity index is 633. The predicted molar refractivity (Wildman–Crippen MR) is 94.1 cm³/mol. The van der Waals surface area contributed by atoms with Crippen LogP contribution in [0, 0.1) is 5.82 Å². The number of aromatic nitrogens is 1. The summed E-state index contributed by atoms with van der Waals surface area (Å²) in [5, 5.41) is 10.0. The van der Waals surface area contributed by atoms with Crippen LogP contribution in [0.15, 0.2) is 42.6 Å². The van der Waals surface area contributed by atoms with Crippen molar-refractivity contribution >= 4 is 0 Å². The lowest BCUT2D eigenvalue weighted by Crippen LogP contribution is -3.12. The van der Waals surface area contributed by atoms with Crippen LogP contribution in [-0.2, 0) is 22.6 Å². The van der Waals surface area contributed by atoms with E-state index in [0.717, 1.165) is 24.3 Å². The fraction of sp³-hybridized carbons (Fsp3) is 0.474. The van der Waals surface area contributed by atoms with Crippen molar-refractivity contribution in [3.63, 3.8) is 0 Å². The highest BCUT2D eigenvalue weighted by atomic mass is 19.1. The van der Waals surface area contributed by atoms with Gasteiger partial charge in [0.2, 0.25) is 0 Å². The summed E-state index contributed by atoms with van der Waals surface area (Å²) in [5.74, 6) is -0.221. The smallest absolute Gasteiger partial charge is 0.126 e. The molecule has 1 heterocycles. The van der Waals surface area contributed by atoms with Crippen LogP contribution in [0.4, 0.5) is 4.39 Å². The van der Waals surface area contributed by atoms with Gasteiger partial charge < -0.3 is 24.0 Å². The van der Waals surface area contributed by atoms with E-state index in [0.29, 0.717) is 26.3 Å². The van der Waals surface area contributed by atoms with Gasteiger partial charge in [-0.2, -0.15) is 0 Å². The van der Waals surface area contributed by atoms with Crippen LogP contribution in [0.1, 0.15) is 11.3 Å². The first kappa shape index (κ1) is 19.6. The van der Waals surface area contributed by atoms with Crippen LogP contribution in [0.25, 0.3) is 0 Å². The van der Waals surface area contributed by atoms with Gasteiger partial charge in [-0.05, 0) is 29.8 Å². The quantitative estimate of drug-likeness (QED) is 0.627. The molecule has 2 aromatic rings. The number of ether oxygens (including phenoxy) is 2. The third-order valence-electron chi connectivity index (χ3n) is 4.14. The summed E-state index contributed by atoms with van der Waals surface area (Å²) in [6.45, 7) is 3.70. The van der Waals surface area contributed by atoms with Crippen LogP contribution in [0.3, 0.4) is 0 Å². The molecule has 1 unspecified atom stereocenters. The van der Waals surface area contributed by atoms with Crippen LogP contribution < -0.4 is 4.90 Å². The van der Waals surface area contributed by atoms with Gasteiger partial charge in [0, 0.05) is 27.0 Å². The summed E-state index contributed by atoms with van der Waals surface area (Å²) in [6.07, 6.45) is 1.49. The molecule has 25 heavy (non-hydrogen) atoms. The van der Waals surface area contributed by atoms with Gasteiger partial charge in [0.15, 0.2) is 0 Å². The fourth-order valence-electron chi connectivity index (χ4n) is 2.95. The minimum absolute atomic E-state index is 0.221. The molecule has 0 radical (unpaired) electrons. The van der Waals surface area contributed by atoms with Crippen molar-refractivity contribution < 1.29 is 23.9 Å². The molecule has 2 rings (SSSR count). The van der Waals surface area contributed by atoms with E-state index in [1.165, 1.54) is 11.0 Å². The maximum atomic E-state index is 13.4. The van der Waals surface area contributed by atoms with E-state index in [1.807, 2.05) is 18.3 Å². The number of quaternary nitrogens is 1. The van der Waals surface area contributed by atoms with Gasteiger partial charge in [-0.15, -0.1) is 0 Å². The average molecular weight is 351 g/mol. The van der Waals surface area contributed by atoms with Gasteiger partial charge >= 0.3 is 0 Å². The summed E-state index contributed by atoms with van der Waals surface area (Å²) < 4.78 is 25.7. The molecule has 6 heteroatoms. The molecule has 0 aliphatic heterocycles. The molecule has 0 saturated heterocycles. The zero-order valence-corrected chi connectivity index (χ0v) is 15.0. The maximum Gasteiger partial charge on any atom is 0.126 e. The van der Waals surface area contributed by atoms with Crippen molar-refractivity contribution in [2.75, 3.05) is 40.5 Å². The second-order valence-electron chi connectivity index (χ2n) is 6.24. The van der Waals surface area contributed by atoms with Crippen LogP contribution in [-0.4, -0.2) is 56.3 Å². The molecule has 5 nitrogen and oxygen atoms in total. The third-order valence-corrected chi connectivity index (χ3v) is 4.14. The molecular formula is C19H28FN2O3+. The number of hydrogen-bond donors (Lipinski definition) is 2. The number of hydrogen-bond acceptors (Lipinski definition) is 3. The summed E-state index contributed by atoms with van der Waals surface area (Å²) in [6, 6.07) is 10.7. The number of rotatable bonds is 11. The molecule has 0 bridgehead atoms. The minimum Gasteiger partial charge on any atom is -0.385 e. The molecule has 0 amide bonds. The van der Waals surface area contributed by atoms with E-state index in [4.69, 9.17) is 9.47 Å². The van der Waals surface area contributed by atoms with Crippen LogP contribution in [0.2, 0.25) is 0 Å². The molecule has 2 N–H and O–H groups in total. The summed E-state index contributed by atoms with van der Waals surface area (Å²) in [4.78, 5) is 1.21. The molecular weight excluding hydrogens is 323 g/mol. The number of aliphatic hydroxyl groups is 1. The lowest BCUT2D eigenvalue weighted by atomic mass is 10.2. The number of nitrogens with one attached hydrogen (secondary N) is 1. The van der Waals surface area contributed by atoms with Gasteiger partial charge in [0.25, 0.3) is 0 Å². The van der Waals surface area contributed by atoms with E-state index in [9.17, 15) is 9.50 Å². The highest BCUT2D eigenvalue weighted by Crippen LogP contribution is 2.09. The first-order chi connectivity index (χ1) is 12.1. The Morgan fingerprint density at radius 2 is 2.04 bits per heavy atom. The molecule has 0 aliphatic carbocycles. The Labute approximate surface area is 148 Å². The van der Waals surface area contributed by atoms with Gasteiger partial charge in [-0.3, -0.25) is 0 Å². The lowest BCUT2D eigenvalue weighted by Gasteiger charge is -2.22. The number of methoxy groups -OCH3 is 2. The average Bonchev–Trinajstić information content (AvgIpc) is 2.99. The highest BCUT2D eigenvalue weighted by molar-refractivity contribution is 5.18. The minimum atomic E-state index is -0.511. The third kappa shape index (κ3) is 6.59. The molecule has 0 spiro atoms. The topological polar surface area (TPSA) is 48.1 Å². The second kappa shape index (κ2) is 10.3. The van der Waals surface area contributed by atoms with E-state index in [1.54, 1.807) is 26.4 Å². The maximum absolute atomic E-state index is 13.4. The van der Waals surface area contributed by atoms with Gasteiger partial charge in [0.1, 0.15) is 31.6 Å². The van der Waals surface area contributed by atoms with E-state index >= 15 is 0 Å². The van der Waals surface area contributed by atoms with Crippen molar-refractivity contribution in [1.82, 2.24) is 4.57 Å². The zero-order chi connectivity index (χ0) is 18.1. The summed E-state index contributed by atoms with van der Waals surface area (Å²) in [5.41, 5.74) is 2.07. The Morgan fingerprint density at radius 3 is 2.76 bits per heavy atom. The fourth-order valence-corrected chi connectivity index (χ4v) is 2.95. The van der Waals surface area contributed by atoms with Crippen molar-refractivity contribution in [2.24, 2.45) is 0 Å². The Balaban J connectivity index is 2.04. The number of nitrogens with zero attached hydrogens (tertiary/aromatic N) is 1. The number of aliphatic hydroxyl groups excluding tert-OH is 1. The van der Waals surface area contributed by atoms with Gasteiger partial charge in [-0.1, -0.05) is 12.1 Å². The Hall–Kier alpha value is -1.73. The molecule has 0 aliphatic rings. The van der Waals surface area contributed by atoms with Gasteiger partial charge in [-0.25, -0.2) is 4.39 Å². The molecule has 0 saturated carbocycles. The summed E-state index contributed by atoms with van der Waals surface area (Å²) in [7, 11) is 3.26. The highest BCUT2D eigenvalue weighted by Gasteiger charge is 2.17. The first-order valence-electron chi connectivity index (χ1n) is 8.50. The predicted octanol–water partition coefficient (Wildman–Crippen LogP) is 0.714. The largest absolute Gasteiger partial charge is 0.385 e. The van der Waals surface area contributed by atoms with Crippen LogP contribution in [0.5, 0.6) is 0 Å². The molecule has 1 aromatic carbocycles. The van der Waals surface area contributed by atoms with Gasteiger partial charge in [0.05, 0.1) is 18.9 Å². The SMILES string of the molecule is COCC[NH+](Cc1cccn1Cc1cccc(F)c1)C[C@@H](O)COC. The van der Waals surface area contributed by atoms with E-state index in [2.05, 4.69) is 10.6 Å². The summed E-state index contributed by atoms with van der Waals surface area (Å²) >= 11 is 0. The molecule has 138 valence electrons. The van der Waals surface area contributed by atoms with Crippen molar-refractivity contribution in [1.29, 1.82) is 0 Å². The lowest BCUT2D eigenvalue weighted by molar-refractivity contribution is -0.917. The van der Waals surface area contributed by atoms with E-state index in [-0.39, 0.29) is 5.82 Å². The zero-order valence-electron chi connectivity index (χ0n) is 15.0. The second-order valence-corrected chi connectivity index (χ2v) is 6.24. The van der Waals surface area contributed by atoms with Crippen molar-refractivity contribution in [3.05, 3.63) is 59.7 Å². The molecule has 2 atom stereocenters. The van der Waals surface area contributed by atoms with E-state index < -0.39 is 6.10 Å².